The molecule has 2 aliphatic heterocycles. The van der Waals surface area contributed by atoms with Crippen LogP contribution in [0.25, 0.3) is 6.08 Å². The molecule has 0 amide bonds. The van der Waals surface area contributed by atoms with E-state index in [0.29, 0.717) is 30.2 Å². The molecule has 0 bridgehead atoms. The van der Waals surface area contributed by atoms with Gasteiger partial charge in [-0.25, -0.2) is 0 Å². The lowest BCUT2D eigenvalue weighted by molar-refractivity contribution is -0.384. The van der Waals surface area contributed by atoms with E-state index in [1.165, 1.54) is 17.0 Å². The first-order valence-electron chi connectivity index (χ1n) is 10.2. The highest BCUT2D eigenvalue weighted by molar-refractivity contribution is 7.09. The van der Waals surface area contributed by atoms with Gasteiger partial charge in [0.25, 0.3) is 5.69 Å². The van der Waals surface area contributed by atoms with Gasteiger partial charge in [0.2, 0.25) is 5.78 Å². The summed E-state index contributed by atoms with van der Waals surface area (Å²) < 4.78 is 11.9. The smallest absolute Gasteiger partial charge is 0.270 e. The predicted molar refractivity (Wildman–Crippen MR) is 121 cm³/mol. The Morgan fingerprint density at radius 1 is 1.22 bits per heavy atom. The maximum atomic E-state index is 13.0. The molecule has 1 aromatic heterocycles. The first-order chi connectivity index (χ1) is 15.5. The van der Waals surface area contributed by atoms with Crippen LogP contribution in [0.5, 0.6) is 11.5 Å². The van der Waals surface area contributed by atoms with Crippen molar-refractivity contribution in [2.24, 2.45) is 0 Å². The highest BCUT2D eigenvalue weighted by atomic mass is 32.1. The number of ketones is 1. The second kappa shape index (κ2) is 8.22. The molecular formula is C24H20N2O5S. The number of Topliss-reactive ketones (excluding diaryl/α,β-unsaturated/α-hetero) is 1. The summed E-state index contributed by atoms with van der Waals surface area (Å²) in [5.74, 6) is 1.19. The molecule has 0 radical (unpaired) electrons. The van der Waals surface area contributed by atoms with Crippen molar-refractivity contribution in [1.29, 1.82) is 0 Å². The number of thiophene rings is 1. The highest BCUT2D eigenvalue weighted by Gasteiger charge is 2.33. The van der Waals surface area contributed by atoms with E-state index in [4.69, 9.17) is 9.47 Å². The van der Waals surface area contributed by atoms with Gasteiger partial charge in [0.1, 0.15) is 18.2 Å². The number of nitro benzene ring substituents is 1. The number of rotatable bonds is 5. The molecule has 0 atom stereocenters. The summed E-state index contributed by atoms with van der Waals surface area (Å²) in [5.41, 5.74) is 2.76. The van der Waals surface area contributed by atoms with Gasteiger partial charge in [-0.1, -0.05) is 18.2 Å². The van der Waals surface area contributed by atoms with Crippen LogP contribution in [-0.2, 0) is 13.0 Å². The lowest BCUT2D eigenvalue weighted by Gasteiger charge is -2.30. The number of hydrogen-bond donors (Lipinski definition) is 0. The lowest BCUT2D eigenvalue weighted by atomic mass is 10.00. The van der Waals surface area contributed by atoms with Crippen LogP contribution in [0.1, 0.15) is 31.9 Å². The minimum Gasteiger partial charge on any atom is -0.477 e. The Hall–Kier alpha value is -3.49. The Kier molecular flexibility index (Phi) is 5.24. The van der Waals surface area contributed by atoms with Gasteiger partial charge in [-0.15, -0.1) is 11.3 Å². The molecule has 0 saturated heterocycles. The van der Waals surface area contributed by atoms with Crippen molar-refractivity contribution in [1.82, 2.24) is 4.90 Å². The molecule has 3 heterocycles. The molecule has 2 aromatic carbocycles. The third-order valence-electron chi connectivity index (χ3n) is 5.64. The molecule has 0 unspecified atom stereocenters. The van der Waals surface area contributed by atoms with E-state index in [0.717, 1.165) is 29.8 Å². The van der Waals surface area contributed by atoms with Gasteiger partial charge >= 0.3 is 0 Å². The number of non-ortho nitro benzene ring substituents is 1. The molecule has 3 aromatic rings. The van der Waals surface area contributed by atoms with Crippen LogP contribution < -0.4 is 9.47 Å². The number of ether oxygens (including phenoxy) is 2. The van der Waals surface area contributed by atoms with E-state index in [9.17, 15) is 14.9 Å². The average Bonchev–Trinajstić information content (AvgIpc) is 3.42. The Labute approximate surface area is 188 Å². The summed E-state index contributed by atoms with van der Waals surface area (Å²) in [5, 5.41) is 13.1. The van der Waals surface area contributed by atoms with E-state index in [-0.39, 0.29) is 17.2 Å². The van der Waals surface area contributed by atoms with Crippen LogP contribution in [-0.4, -0.2) is 28.9 Å². The van der Waals surface area contributed by atoms with Crippen LogP contribution >= 0.6 is 11.3 Å². The average molecular weight is 449 g/mol. The van der Waals surface area contributed by atoms with Crippen molar-refractivity contribution in [3.05, 3.63) is 90.8 Å². The maximum Gasteiger partial charge on any atom is 0.270 e. The Balaban J connectivity index is 1.39. The van der Waals surface area contributed by atoms with Gasteiger partial charge in [0.05, 0.1) is 10.5 Å². The first kappa shape index (κ1) is 20.4. The molecule has 5 rings (SSSR count). The fraction of sp³-hybridized carbons (Fsp3) is 0.208. The number of carbonyl (C=O) groups is 1. The minimum atomic E-state index is -0.464. The monoisotopic (exact) mass is 448 g/mol. The largest absolute Gasteiger partial charge is 0.477 e. The molecule has 0 fully saturated rings. The molecule has 2 aliphatic rings. The van der Waals surface area contributed by atoms with Crippen molar-refractivity contribution in [2.45, 2.75) is 19.9 Å². The fourth-order valence-corrected chi connectivity index (χ4v) is 4.74. The number of carbonyl (C=O) groups excluding carboxylic acids is 1. The van der Waals surface area contributed by atoms with Crippen LogP contribution in [0.15, 0.2) is 53.6 Å². The molecule has 7 nitrogen and oxygen atoms in total. The molecule has 32 heavy (non-hydrogen) atoms. The van der Waals surface area contributed by atoms with Crippen LogP contribution in [0, 0.1) is 17.0 Å². The zero-order chi connectivity index (χ0) is 22.2. The quantitative estimate of drug-likeness (QED) is 0.311. The van der Waals surface area contributed by atoms with Gasteiger partial charge in [-0.2, -0.15) is 0 Å². The number of benzene rings is 2. The Morgan fingerprint density at radius 2 is 2.09 bits per heavy atom. The number of fused-ring (bicyclic) bond motifs is 2. The van der Waals surface area contributed by atoms with Gasteiger partial charge in [-0.3, -0.25) is 19.8 Å². The second-order valence-electron chi connectivity index (χ2n) is 7.81. The lowest BCUT2D eigenvalue weighted by Crippen LogP contribution is -2.34. The number of nitro groups is 1. The van der Waals surface area contributed by atoms with E-state index in [1.807, 2.05) is 13.0 Å². The van der Waals surface area contributed by atoms with E-state index < -0.39 is 4.92 Å². The third-order valence-corrected chi connectivity index (χ3v) is 6.57. The summed E-state index contributed by atoms with van der Waals surface area (Å²) in [6.07, 6.45) is 2.50. The summed E-state index contributed by atoms with van der Waals surface area (Å²) in [6.45, 7) is 3.95. The Morgan fingerprint density at radius 3 is 2.88 bits per heavy atom. The van der Waals surface area contributed by atoms with E-state index >= 15 is 0 Å². The zero-order valence-electron chi connectivity index (χ0n) is 17.4. The second-order valence-corrected chi connectivity index (χ2v) is 8.85. The minimum absolute atomic E-state index is 0.0370. The fourth-order valence-electron chi connectivity index (χ4n) is 4.04. The third kappa shape index (κ3) is 3.79. The summed E-state index contributed by atoms with van der Waals surface area (Å²) in [4.78, 5) is 27.2. The topological polar surface area (TPSA) is 81.9 Å². The van der Waals surface area contributed by atoms with Crippen molar-refractivity contribution in [2.75, 3.05) is 13.3 Å². The molecule has 162 valence electrons. The van der Waals surface area contributed by atoms with Crippen molar-refractivity contribution in [3.8, 4) is 11.5 Å². The summed E-state index contributed by atoms with van der Waals surface area (Å²) in [7, 11) is 0. The first-order valence-corrected chi connectivity index (χ1v) is 11.1. The molecule has 8 heteroatoms. The van der Waals surface area contributed by atoms with Gasteiger partial charge in [0.15, 0.2) is 5.76 Å². The van der Waals surface area contributed by atoms with Gasteiger partial charge < -0.3 is 9.47 Å². The zero-order valence-corrected chi connectivity index (χ0v) is 18.2. The molecule has 0 spiro atoms. The number of nitrogens with zero attached hydrogens (tertiary/aromatic N) is 2. The summed E-state index contributed by atoms with van der Waals surface area (Å²) >= 11 is 1.75. The van der Waals surface area contributed by atoms with Gasteiger partial charge in [-0.05, 0) is 42.5 Å². The maximum absolute atomic E-state index is 13.0. The number of allylic oxidation sites excluding steroid dienone is 1. The van der Waals surface area contributed by atoms with E-state index in [1.54, 1.807) is 29.5 Å². The van der Waals surface area contributed by atoms with E-state index in [2.05, 4.69) is 22.4 Å². The van der Waals surface area contributed by atoms with Gasteiger partial charge in [0, 0.05) is 41.2 Å². The Bertz CT molecular complexity index is 1250. The van der Waals surface area contributed by atoms with Crippen LogP contribution in [0.2, 0.25) is 0 Å². The van der Waals surface area contributed by atoms with Crippen molar-refractivity contribution < 1.29 is 19.2 Å². The standard InChI is InChI=1S/C24H20N2O5S/c1-15-23-17(13-25(14-30-23)8-7-19-6-3-9-32-19)12-20-22(27)21(31-24(15)20)11-16-4-2-5-18(10-16)26(28)29/h2-6,9-12H,7-8,13-14H2,1H3/b21-11-. The predicted octanol–water partition coefficient (Wildman–Crippen LogP) is 4.98. The summed E-state index contributed by atoms with van der Waals surface area (Å²) in [6, 6.07) is 12.1. The van der Waals surface area contributed by atoms with Crippen LogP contribution in [0.4, 0.5) is 5.69 Å². The molecule has 0 N–H and O–H groups in total. The van der Waals surface area contributed by atoms with Crippen molar-refractivity contribution >= 4 is 28.9 Å². The molecular weight excluding hydrogens is 428 g/mol. The normalized spacial score (nSPS) is 16.4. The SMILES string of the molecule is Cc1c2c(cc3c1O/C(=C\c1cccc([N+](=O)[O-])c1)C3=O)CN(CCc1cccs1)CO2. The molecule has 0 saturated carbocycles. The van der Waals surface area contributed by atoms with Crippen molar-refractivity contribution in [3.63, 3.8) is 0 Å². The highest BCUT2D eigenvalue weighted by Crippen LogP contribution is 2.43. The van der Waals surface area contributed by atoms with Crippen LogP contribution in [0.3, 0.4) is 0 Å². The number of hydrogen-bond acceptors (Lipinski definition) is 7. The molecule has 0 aliphatic carbocycles.